The maximum absolute atomic E-state index is 5.73. The first-order valence-corrected chi connectivity index (χ1v) is 4.64. The van der Waals surface area contributed by atoms with Gasteiger partial charge in [-0.2, -0.15) is 0 Å². The molecule has 0 aliphatic carbocycles. The van der Waals surface area contributed by atoms with Crippen molar-refractivity contribution in [2.75, 3.05) is 6.54 Å². The van der Waals surface area contributed by atoms with Crippen LogP contribution in [0.5, 0.6) is 0 Å². The molecule has 0 aliphatic rings. The van der Waals surface area contributed by atoms with E-state index < -0.39 is 0 Å². The Labute approximate surface area is 75.5 Å². The third-order valence-electron chi connectivity index (χ3n) is 1.21. The Morgan fingerprint density at radius 1 is 1.55 bits per heavy atom. The fraction of sp³-hybridized carbons (Fsp3) is 0.250. The lowest BCUT2D eigenvalue weighted by molar-refractivity contribution is 1.01. The van der Waals surface area contributed by atoms with Gasteiger partial charge in [0.05, 0.1) is 4.34 Å². The van der Waals surface area contributed by atoms with Gasteiger partial charge in [0.1, 0.15) is 0 Å². The second-order valence-corrected chi connectivity index (χ2v) is 3.87. The van der Waals surface area contributed by atoms with E-state index in [2.05, 4.69) is 6.08 Å². The highest BCUT2D eigenvalue weighted by Gasteiger charge is 1.90. The third kappa shape index (κ3) is 3.06. The Balaban J connectivity index is 2.50. The third-order valence-corrected chi connectivity index (χ3v) is 2.41. The fourth-order valence-corrected chi connectivity index (χ4v) is 1.71. The zero-order valence-electron chi connectivity index (χ0n) is 6.09. The number of hydrogen-bond donors (Lipinski definition) is 1. The molecule has 0 amide bonds. The lowest BCUT2D eigenvalue weighted by Gasteiger charge is -1.83. The quantitative estimate of drug-likeness (QED) is 0.774. The Kier molecular flexibility index (Phi) is 3.63. The van der Waals surface area contributed by atoms with Gasteiger partial charge in [-0.25, -0.2) is 0 Å². The summed E-state index contributed by atoms with van der Waals surface area (Å²) in [5.41, 5.74) is 5.32. The SMILES string of the molecule is NCCC=Cc1ccc(Cl)s1. The van der Waals surface area contributed by atoms with Crippen molar-refractivity contribution in [1.29, 1.82) is 0 Å². The molecule has 2 N–H and O–H groups in total. The van der Waals surface area contributed by atoms with Crippen molar-refractivity contribution < 1.29 is 0 Å². The molecule has 0 unspecified atom stereocenters. The van der Waals surface area contributed by atoms with E-state index in [0.29, 0.717) is 6.54 Å². The lowest BCUT2D eigenvalue weighted by Crippen LogP contribution is -1.94. The van der Waals surface area contributed by atoms with Gasteiger partial charge in [-0.15, -0.1) is 11.3 Å². The molecule has 11 heavy (non-hydrogen) atoms. The van der Waals surface area contributed by atoms with E-state index in [1.807, 2.05) is 18.2 Å². The first kappa shape index (κ1) is 8.78. The highest BCUT2D eigenvalue weighted by atomic mass is 35.5. The van der Waals surface area contributed by atoms with Gasteiger partial charge in [-0.05, 0) is 31.2 Å². The topological polar surface area (TPSA) is 26.0 Å². The van der Waals surface area contributed by atoms with E-state index >= 15 is 0 Å². The molecule has 3 heteroatoms. The van der Waals surface area contributed by atoms with Crippen molar-refractivity contribution in [3.8, 4) is 0 Å². The second-order valence-electron chi connectivity index (χ2n) is 2.12. The molecule has 0 aliphatic heterocycles. The Bertz CT molecular complexity index is 242. The minimum atomic E-state index is 0.704. The molecule has 0 bridgehead atoms. The molecule has 1 aromatic heterocycles. The van der Waals surface area contributed by atoms with Crippen molar-refractivity contribution >= 4 is 29.0 Å². The second kappa shape index (κ2) is 4.54. The van der Waals surface area contributed by atoms with Crippen molar-refractivity contribution in [3.63, 3.8) is 0 Å². The molecule has 1 rings (SSSR count). The molecular weight excluding hydrogens is 178 g/mol. The van der Waals surface area contributed by atoms with Crippen LogP contribution in [0.2, 0.25) is 4.34 Å². The fourth-order valence-electron chi connectivity index (χ4n) is 0.714. The van der Waals surface area contributed by atoms with Gasteiger partial charge in [0, 0.05) is 4.88 Å². The largest absolute Gasteiger partial charge is 0.330 e. The van der Waals surface area contributed by atoms with Crippen LogP contribution in [-0.4, -0.2) is 6.54 Å². The molecule has 0 saturated carbocycles. The summed E-state index contributed by atoms with van der Waals surface area (Å²) >= 11 is 7.31. The summed E-state index contributed by atoms with van der Waals surface area (Å²) in [6.07, 6.45) is 5.03. The first-order valence-electron chi connectivity index (χ1n) is 3.45. The van der Waals surface area contributed by atoms with Crippen LogP contribution in [0, 0.1) is 0 Å². The maximum atomic E-state index is 5.73. The van der Waals surface area contributed by atoms with Gasteiger partial charge in [0.2, 0.25) is 0 Å². The van der Waals surface area contributed by atoms with Gasteiger partial charge in [-0.3, -0.25) is 0 Å². The van der Waals surface area contributed by atoms with E-state index in [-0.39, 0.29) is 0 Å². The van der Waals surface area contributed by atoms with Crippen LogP contribution in [-0.2, 0) is 0 Å². The molecule has 0 radical (unpaired) electrons. The smallest absolute Gasteiger partial charge is 0.0934 e. The minimum absolute atomic E-state index is 0.704. The van der Waals surface area contributed by atoms with Crippen molar-refractivity contribution in [1.82, 2.24) is 0 Å². The summed E-state index contributed by atoms with van der Waals surface area (Å²) in [6.45, 7) is 0.704. The minimum Gasteiger partial charge on any atom is -0.330 e. The predicted octanol–water partition coefficient (Wildman–Crippen LogP) is 2.76. The molecule has 0 fully saturated rings. The van der Waals surface area contributed by atoms with Gasteiger partial charge in [0.25, 0.3) is 0 Å². The molecule has 0 atom stereocenters. The standard InChI is InChI=1S/C8H10ClNS/c9-8-5-4-7(11-8)3-1-2-6-10/h1,3-5H,2,6,10H2. The predicted molar refractivity (Wildman–Crippen MR) is 52.0 cm³/mol. The average molecular weight is 188 g/mol. The maximum Gasteiger partial charge on any atom is 0.0934 e. The summed E-state index contributed by atoms with van der Waals surface area (Å²) in [7, 11) is 0. The van der Waals surface area contributed by atoms with Gasteiger partial charge in [0.15, 0.2) is 0 Å². The molecule has 1 heterocycles. The van der Waals surface area contributed by atoms with E-state index in [9.17, 15) is 0 Å². The number of halogens is 1. The molecule has 0 saturated heterocycles. The zero-order valence-corrected chi connectivity index (χ0v) is 7.66. The first-order chi connectivity index (χ1) is 5.33. The van der Waals surface area contributed by atoms with E-state index in [1.54, 1.807) is 11.3 Å². The number of thiophene rings is 1. The van der Waals surface area contributed by atoms with Crippen LogP contribution in [0.1, 0.15) is 11.3 Å². The van der Waals surface area contributed by atoms with Crippen molar-refractivity contribution in [2.24, 2.45) is 5.73 Å². The molecule has 60 valence electrons. The van der Waals surface area contributed by atoms with Gasteiger partial charge >= 0.3 is 0 Å². The van der Waals surface area contributed by atoms with Crippen LogP contribution >= 0.6 is 22.9 Å². The van der Waals surface area contributed by atoms with E-state index in [0.717, 1.165) is 10.8 Å². The van der Waals surface area contributed by atoms with Crippen molar-refractivity contribution in [2.45, 2.75) is 6.42 Å². The monoisotopic (exact) mass is 187 g/mol. The molecule has 0 aromatic carbocycles. The Morgan fingerprint density at radius 3 is 2.91 bits per heavy atom. The Morgan fingerprint density at radius 2 is 2.36 bits per heavy atom. The normalized spacial score (nSPS) is 11.1. The zero-order chi connectivity index (χ0) is 8.10. The Hall–Kier alpha value is -0.310. The average Bonchev–Trinajstić information content (AvgIpc) is 2.37. The summed E-state index contributed by atoms with van der Waals surface area (Å²) in [5.74, 6) is 0. The van der Waals surface area contributed by atoms with Crippen LogP contribution < -0.4 is 5.73 Å². The van der Waals surface area contributed by atoms with Crippen LogP contribution in [0.25, 0.3) is 6.08 Å². The molecular formula is C8H10ClNS. The molecule has 1 nitrogen and oxygen atoms in total. The highest BCUT2D eigenvalue weighted by Crippen LogP contribution is 2.22. The van der Waals surface area contributed by atoms with Crippen LogP contribution in [0.4, 0.5) is 0 Å². The van der Waals surface area contributed by atoms with Crippen LogP contribution in [0.15, 0.2) is 18.2 Å². The summed E-state index contributed by atoms with van der Waals surface area (Å²) in [6, 6.07) is 3.90. The molecule has 0 spiro atoms. The summed E-state index contributed by atoms with van der Waals surface area (Å²) in [4.78, 5) is 1.18. The van der Waals surface area contributed by atoms with Gasteiger partial charge in [-0.1, -0.05) is 17.7 Å². The molecule has 1 aromatic rings. The van der Waals surface area contributed by atoms with Crippen LogP contribution in [0.3, 0.4) is 0 Å². The van der Waals surface area contributed by atoms with Gasteiger partial charge < -0.3 is 5.73 Å². The number of rotatable bonds is 3. The van der Waals surface area contributed by atoms with E-state index in [1.165, 1.54) is 4.88 Å². The van der Waals surface area contributed by atoms with E-state index in [4.69, 9.17) is 17.3 Å². The lowest BCUT2D eigenvalue weighted by atomic mass is 10.3. The summed E-state index contributed by atoms with van der Waals surface area (Å²) < 4.78 is 0.831. The van der Waals surface area contributed by atoms with Crippen molar-refractivity contribution in [3.05, 3.63) is 27.4 Å². The summed E-state index contributed by atoms with van der Waals surface area (Å²) in [5, 5.41) is 0. The number of nitrogens with two attached hydrogens (primary N) is 1. The number of hydrogen-bond acceptors (Lipinski definition) is 2. The highest BCUT2D eigenvalue weighted by molar-refractivity contribution is 7.16.